The molecule has 0 bridgehead atoms. The first-order valence-electron chi connectivity index (χ1n) is 5.77. The average Bonchev–Trinajstić information content (AvgIpc) is 2.61. The molecule has 0 radical (unpaired) electrons. The zero-order valence-corrected chi connectivity index (χ0v) is 10.1. The number of carbonyl (C=O) groups excluding carboxylic acids is 1. The van der Waals surface area contributed by atoms with E-state index in [2.05, 4.69) is 5.32 Å². The lowest BCUT2D eigenvalue weighted by molar-refractivity contribution is -0.131. The van der Waals surface area contributed by atoms with Crippen LogP contribution in [0.5, 0.6) is 11.5 Å². The first-order chi connectivity index (χ1) is 9.15. The number of nitrogens with one attached hydrogen (secondary N) is 1. The number of aliphatic carboxylic acids is 1. The quantitative estimate of drug-likeness (QED) is 0.806. The van der Waals surface area contributed by atoms with Gasteiger partial charge in [0.15, 0.2) is 11.5 Å². The highest BCUT2D eigenvalue weighted by Crippen LogP contribution is 2.32. The number of hydrogen-bond donors (Lipinski definition) is 2. The van der Waals surface area contributed by atoms with Gasteiger partial charge in [-0.15, -0.1) is 0 Å². The summed E-state index contributed by atoms with van der Waals surface area (Å²) in [5.74, 6) is -0.486. The van der Waals surface area contributed by atoms with Crippen molar-refractivity contribution < 1.29 is 24.2 Å². The third-order valence-electron chi connectivity index (χ3n) is 2.39. The van der Waals surface area contributed by atoms with Crippen LogP contribution in [0.3, 0.4) is 0 Å². The summed E-state index contributed by atoms with van der Waals surface area (Å²) >= 11 is 0. The molecule has 0 atom stereocenters. The second kappa shape index (κ2) is 5.90. The fourth-order valence-electron chi connectivity index (χ4n) is 1.57. The van der Waals surface area contributed by atoms with E-state index in [4.69, 9.17) is 14.6 Å². The SMILES string of the molecule is O=C(O)/C=C/C(=O)Nc1ccc2c(c1)OCCCO2. The molecule has 1 aliphatic rings. The van der Waals surface area contributed by atoms with E-state index in [1.54, 1.807) is 18.2 Å². The van der Waals surface area contributed by atoms with Crippen LogP contribution in [0.25, 0.3) is 0 Å². The molecule has 1 heterocycles. The molecule has 1 aromatic rings. The maximum Gasteiger partial charge on any atom is 0.328 e. The molecule has 0 spiro atoms. The third-order valence-corrected chi connectivity index (χ3v) is 2.39. The Morgan fingerprint density at radius 1 is 1.16 bits per heavy atom. The Morgan fingerprint density at radius 2 is 1.89 bits per heavy atom. The molecule has 0 unspecified atom stereocenters. The van der Waals surface area contributed by atoms with Crippen LogP contribution in [-0.2, 0) is 9.59 Å². The van der Waals surface area contributed by atoms with Crippen molar-refractivity contribution in [3.05, 3.63) is 30.4 Å². The molecule has 0 fully saturated rings. The Kier molecular flexibility index (Phi) is 4.02. The van der Waals surface area contributed by atoms with Gasteiger partial charge in [-0.2, -0.15) is 0 Å². The molecule has 100 valence electrons. The van der Waals surface area contributed by atoms with Crippen LogP contribution in [0, 0.1) is 0 Å². The molecular weight excluding hydrogens is 250 g/mol. The zero-order valence-electron chi connectivity index (χ0n) is 10.1. The Balaban J connectivity index is 2.07. The minimum absolute atomic E-state index is 0.517. The van der Waals surface area contributed by atoms with Crippen molar-refractivity contribution in [2.75, 3.05) is 18.5 Å². The molecule has 2 rings (SSSR count). The van der Waals surface area contributed by atoms with Gasteiger partial charge in [-0.05, 0) is 12.1 Å². The highest BCUT2D eigenvalue weighted by atomic mass is 16.5. The van der Waals surface area contributed by atoms with Crippen LogP contribution < -0.4 is 14.8 Å². The average molecular weight is 263 g/mol. The van der Waals surface area contributed by atoms with Gasteiger partial charge in [-0.25, -0.2) is 4.79 Å². The second-order valence-electron chi connectivity index (χ2n) is 3.87. The van der Waals surface area contributed by atoms with E-state index in [0.29, 0.717) is 30.4 Å². The Morgan fingerprint density at radius 3 is 2.63 bits per heavy atom. The van der Waals surface area contributed by atoms with Crippen molar-refractivity contribution in [1.82, 2.24) is 0 Å². The number of carbonyl (C=O) groups is 2. The third kappa shape index (κ3) is 3.74. The Labute approximate surface area is 109 Å². The van der Waals surface area contributed by atoms with E-state index < -0.39 is 11.9 Å². The van der Waals surface area contributed by atoms with Gasteiger partial charge in [0, 0.05) is 30.3 Å². The Bertz CT molecular complexity index is 524. The highest BCUT2D eigenvalue weighted by Gasteiger charge is 2.11. The summed E-state index contributed by atoms with van der Waals surface area (Å²) < 4.78 is 10.9. The molecule has 1 aliphatic heterocycles. The van der Waals surface area contributed by atoms with Crippen LogP contribution in [0.1, 0.15) is 6.42 Å². The van der Waals surface area contributed by atoms with Crippen molar-refractivity contribution in [3.63, 3.8) is 0 Å². The van der Waals surface area contributed by atoms with E-state index in [9.17, 15) is 9.59 Å². The van der Waals surface area contributed by atoms with Crippen LogP contribution >= 0.6 is 0 Å². The maximum atomic E-state index is 11.4. The summed E-state index contributed by atoms with van der Waals surface area (Å²) in [6, 6.07) is 5.02. The van der Waals surface area contributed by atoms with E-state index in [-0.39, 0.29) is 0 Å². The van der Waals surface area contributed by atoms with Gasteiger partial charge in [0.1, 0.15) is 0 Å². The topological polar surface area (TPSA) is 84.9 Å². The minimum Gasteiger partial charge on any atom is -0.490 e. The minimum atomic E-state index is -1.17. The molecule has 0 aromatic heterocycles. The van der Waals surface area contributed by atoms with E-state index in [0.717, 1.165) is 18.6 Å². The molecule has 19 heavy (non-hydrogen) atoms. The molecule has 0 saturated carbocycles. The highest BCUT2D eigenvalue weighted by molar-refractivity contribution is 6.02. The number of carboxylic acid groups (broad SMARTS) is 1. The van der Waals surface area contributed by atoms with Crippen molar-refractivity contribution in [1.29, 1.82) is 0 Å². The van der Waals surface area contributed by atoms with E-state index in [1.165, 1.54) is 0 Å². The number of benzene rings is 1. The number of ether oxygens (including phenoxy) is 2. The predicted octanol–water partition coefficient (Wildman–Crippen LogP) is 1.43. The van der Waals surface area contributed by atoms with Gasteiger partial charge in [0.05, 0.1) is 13.2 Å². The maximum absolute atomic E-state index is 11.4. The lowest BCUT2D eigenvalue weighted by Crippen LogP contribution is -2.08. The largest absolute Gasteiger partial charge is 0.490 e. The van der Waals surface area contributed by atoms with Gasteiger partial charge in [0.25, 0.3) is 0 Å². The predicted molar refractivity (Wildman–Crippen MR) is 67.5 cm³/mol. The summed E-state index contributed by atoms with van der Waals surface area (Å²) in [7, 11) is 0. The first kappa shape index (κ1) is 12.9. The number of anilines is 1. The number of rotatable bonds is 3. The van der Waals surface area contributed by atoms with Gasteiger partial charge in [-0.1, -0.05) is 0 Å². The second-order valence-corrected chi connectivity index (χ2v) is 3.87. The van der Waals surface area contributed by atoms with Gasteiger partial charge in [0.2, 0.25) is 5.91 Å². The van der Waals surface area contributed by atoms with Gasteiger partial charge < -0.3 is 19.9 Å². The number of fused-ring (bicyclic) bond motifs is 1. The molecule has 1 aromatic carbocycles. The first-order valence-corrected chi connectivity index (χ1v) is 5.77. The number of carboxylic acids is 1. The zero-order chi connectivity index (χ0) is 13.7. The van der Waals surface area contributed by atoms with Crippen molar-refractivity contribution in [3.8, 4) is 11.5 Å². The lowest BCUT2D eigenvalue weighted by atomic mass is 10.2. The van der Waals surface area contributed by atoms with E-state index in [1.807, 2.05) is 0 Å². The molecule has 0 saturated heterocycles. The summed E-state index contributed by atoms with van der Waals surface area (Å²) in [4.78, 5) is 21.7. The number of amides is 1. The van der Waals surface area contributed by atoms with Crippen molar-refractivity contribution >= 4 is 17.6 Å². The van der Waals surface area contributed by atoms with Crippen molar-refractivity contribution in [2.45, 2.75) is 6.42 Å². The lowest BCUT2D eigenvalue weighted by Gasteiger charge is -2.09. The monoisotopic (exact) mass is 263 g/mol. The molecule has 1 amide bonds. The van der Waals surface area contributed by atoms with Crippen molar-refractivity contribution in [2.24, 2.45) is 0 Å². The molecule has 6 heteroatoms. The van der Waals surface area contributed by atoms with Crippen LogP contribution in [-0.4, -0.2) is 30.2 Å². The van der Waals surface area contributed by atoms with Crippen LogP contribution in [0.4, 0.5) is 5.69 Å². The summed E-state index contributed by atoms with van der Waals surface area (Å²) in [5, 5.41) is 11.0. The normalized spacial score (nSPS) is 13.9. The van der Waals surface area contributed by atoms with Crippen LogP contribution in [0.2, 0.25) is 0 Å². The fourth-order valence-corrected chi connectivity index (χ4v) is 1.57. The Hall–Kier alpha value is -2.50. The summed E-state index contributed by atoms with van der Waals surface area (Å²) in [6.45, 7) is 1.16. The van der Waals surface area contributed by atoms with Gasteiger partial charge in [-0.3, -0.25) is 4.79 Å². The molecule has 2 N–H and O–H groups in total. The van der Waals surface area contributed by atoms with Crippen LogP contribution in [0.15, 0.2) is 30.4 Å². The molecule has 6 nitrogen and oxygen atoms in total. The molecular formula is C13H13NO5. The summed E-state index contributed by atoms with van der Waals surface area (Å²) in [5.41, 5.74) is 0.518. The summed E-state index contributed by atoms with van der Waals surface area (Å²) in [6.07, 6.45) is 2.53. The van der Waals surface area contributed by atoms with E-state index >= 15 is 0 Å². The fraction of sp³-hybridized carbons (Fsp3) is 0.231. The molecule has 0 aliphatic carbocycles. The number of hydrogen-bond acceptors (Lipinski definition) is 4. The van der Waals surface area contributed by atoms with Gasteiger partial charge >= 0.3 is 5.97 Å². The smallest absolute Gasteiger partial charge is 0.328 e. The standard InChI is InChI=1S/C13H13NO5/c15-12(4-5-13(16)17)14-9-2-3-10-11(8-9)19-7-1-6-18-10/h2-5,8H,1,6-7H2,(H,14,15)(H,16,17)/b5-4+.